The van der Waals surface area contributed by atoms with Crippen molar-refractivity contribution in [2.45, 2.75) is 29.1 Å². The van der Waals surface area contributed by atoms with E-state index in [1.807, 2.05) is 0 Å². The lowest BCUT2D eigenvalue weighted by Gasteiger charge is -2.49. The number of aliphatic hydroxyl groups excluding tert-OH is 1. The number of rotatable bonds is 10. The van der Waals surface area contributed by atoms with E-state index in [4.69, 9.17) is 5.11 Å². The minimum Gasteiger partial charge on any atom is -0.480 e. The van der Waals surface area contributed by atoms with Crippen molar-refractivity contribution in [1.82, 2.24) is 29.6 Å². The summed E-state index contributed by atoms with van der Waals surface area (Å²) in [5, 5.41) is 50.1. The fraction of sp³-hybridized carbons (Fsp3) is 0.261. The molecule has 0 spiro atoms. The summed E-state index contributed by atoms with van der Waals surface area (Å²) in [6.45, 7) is -0.640. The second kappa shape index (κ2) is 11.3. The molecule has 2 aliphatic rings. The van der Waals surface area contributed by atoms with E-state index in [-0.39, 0.29) is 34.1 Å². The van der Waals surface area contributed by atoms with Crippen molar-refractivity contribution in [2.75, 3.05) is 11.5 Å². The Kier molecular flexibility index (Phi) is 7.71. The predicted octanol–water partition coefficient (Wildman–Crippen LogP) is -0.552. The van der Waals surface area contributed by atoms with Gasteiger partial charge in [-0.25, -0.2) is 9.59 Å². The van der Waals surface area contributed by atoms with Gasteiger partial charge in [-0.3, -0.25) is 29.4 Å². The van der Waals surface area contributed by atoms with Gasteiger partial charge in [0.05, 0.1) is 4.92 Å². The number of carboxylic acid groups (broad SMARTS) is 2. The fourth-order valence-electron chi connectivity index (χ4n) is 4.32. The number of carboxylic acids is 2. The number of nitrogens with one attached hydrogen (secondary N) is 1. The average molecular weight is 618 g/mol. The Labute approximate surface area is 241 Å². The monoisotopic (exact) mass is 617 g/mol. The topological polar surface area (TPSA) is 240 Å². The third-order valence-corrected chi connectivity index (χ3v) is 8.66. The highest BCUT2D eigenvalue weighted by atomic mass is 32.2. The molecule has 0 bridgehead atoms. The third-order valence-electron chi connectivity index (χ3n) is 6.31. The Morgan fingerprint density at radius 2 is 1.86 bits per heavy atom. The van der Waals surface area contributed by atoms with Crippen LogP contribution in [0.25, 0.3) is 5.65 Å². The Morgan fingerprint density at radius 3 is 2.50 bits per heavy atom. The van der Waals surface area contributed by atoms with E-state index >= 15 is 0 Å². The summed E-state index contributed by atoms with van der Waals surface area (Å²) < 4.78 is 1.68. The van der Waals surface area contributed by atoms with Crippen LogP contribution in [0.1, 0.15) is 11.7 Å². The van der Waals surface area contributed by atoms with Crippen LogP contribution in [0.2, 0.25) is 0 Å². The predicted molar refractivity (Wildman–Crippen MR) is 143 cm³/mol. The zero-order valence-electron chi connectivity index (χ0n) is 21.0. The number of hydrogen-bond acceptors (Lipinski definition) is 12. The number of amides is 2. The summed E-state index contributed by atoms with van der Waals surface area (Å²) in [7, 11) is 0. The second-order valence-corrected chi connectivity index (χ2v) is 11.1. The number of β-lactam (4-membered cyclic amide) rings is 1. The number of hydrogen-bond donors (Lipinski definition) is 4. The maximum Gasteiger partial charge on any atom is 0.367 e. The first-order valence-corrected chi connectivity index (χ1v) is 13.9. The SMILES string of the molecule is O=C(O)Cn1nc2ccc(SCC3=C(C(=O)O)N4C(=O)C(NC(=O)C(O)c5ccc([N+](=O)[O-])cc5)[C@@H]4SC3)nn2c1=O. The summed E-state index contributed by atoms with van der Waals surface area (Å²) in [6, 6.07) is 6.58. The van der Waals surface area contributed by atoms with Crippen LogP contribution in [0.5, 0.6) is 0 Å². The molecule has 19 heteroatoms. The molecule has 17 nitrogen and oxygen atoms in total. The minimum atomic E-state index is -1.71. The largest absolute Gasteiger partial charge is 0.480 e. The number of thioether (sulfide) groups is 2. The van der Waals surface area contributed by atoms with E-state index < -0.39 is 58.4 Å². The lowest BCUT2D eigenvalue weighted by atomic mass is 10.0. The Balaban J connectivity index is 1.27. The van der Waals surface area contributed by atoms with E-state index in [9.17, 15) is 44.3 Å². The molecule has 3 atom stereocenters. The van der Waals surface area contributed by atoms with Gasteiger partial charge in [0.1, 0.15) is 28.7 Å². The molecule has 0 saturated carbocycles. The molecule has 218 valence electrons. The van der Waals surface area contributed by atoms with Crippen LogP contribution in [0, 0.1) is 10.1 Å². The fourth-order valence-corrected chi connectivity index (χ4v) is 6.66. The lowest BCUT2D eigenvalue weighted by Crippen LogP contribution is -2.70. The number of aliphatic carboxylic acids is 2. The van der Waals surface area contributed by atoms with Gasteiger partial charge in [0, 0.05) is 23.6 Å². The summed E-state index contributed by atoms with van der Waals surface area (Å²) >= 11 is 2.31. The molecule has 4 heterocycles. The number of nitrogens with zero attached hydrogens (tertiary/aromatic N) is 6. The van der Waals surface area contributed by atoms with Crippen molar-refractivity contribution in [3.63, 3.8) is 0 Å². The number of carbonyl (C=O) groups excluding carboxylic acids is 2. The van der Waals surface area contributed by atoms with Crippen LogP contribution in [-0.4, -0.2) is 91.2 Å². The minimum absolute atomic E-state index is 0.0757. The maximum atomic E-state index is 12.9. The standard InChI is InChI=1S/C23H19N7O10S2/c31-15(32)7-27-23(38)29-13(25-27)5-6-14(26-29)41-8-11-9-42-21-16(20(35)28(21)17(11)22(36)37)24-19(34)18(33)10-1-3-12(4-2-10)30(39)40/h1-6,16,18,21,33H,7-9H2,(H,24,34)(H,31,32)(H,36,37)/t16?,18?,21-/m0/s1. The second-order valence-electron chi connectivity index (χ2n) is 8.97. The number of nitro groups is 1. The van der Waals surface area contributed by atoms with E-state index in [2.05, 4.69) is 15.5 Å². The highest BCUT2D eigenvalue weighted by molar-refractivity contribution is 8.01. The van der Waals surface area contributed by atoms with E-state index in [1.54, 1.807) is 0 Å². The van der Waals surface area contributed by atoms with Gasteiger partial charge in [-0.15, -0.1) is 28.6 Å². The first kappa shape index (κ1) is 28.8. The van der Waals surface area contributed by atoms with Gasteiger partial charge >= 0.3 is 17.6 Å². The number of benzene rings is 1. The number of aliphatic hydroxyl groups is 1. The van der Waals surface area contributed by atoms with Crippen LogP contribution in [-0.2, 0) is 25.7 Å². The molecule has 42 heavy (non-hydrogen) atoms. The average Bonchev–Trinajstić information content (AvgIpc) is 3.26. The normalized spacial score (nSPS) is 18.8. The summed E-state index contributed by atoms with van der Waals surface area (Å²) in [5.41, 5.74) is -0.626. The molecule has 0 radical (unpaired) electrons. The maximum absolute atomic E-state index is 12.9. The number of non-ortho nitro benzene ring substituents is 1. The van der Waals surface area contributed by atoms with Crippen molar-refractivity contribution in [2.24, 2.45) is 0 Å². The summed E-state index contributed by atoms with van der Waals surface area (Å²) in [5.74, 6) is -3.92. The molecule has 2 aliphatic heterocycles. The van der Waals surface area contributed by atoms with Crippen LogP contribution in [0.4, 0.5) is 5.69 Å². The molecule has 1 saturated heterocycles. The van der Waals surface area contributed by atoms with E-state index in [1.165, 1.54) is 36.0 Å². The molecule has 0 aliphatic carbocycles. The number of fused-ring (bicyclic) bond motifs is 2. The van der Waals surface area contributed by atoms with Crippen LogP contribution in [0.3, 0.4) is 0 Å². The lowest BCUT2D eigenvalue weighted by molar-refractivity contribution is -0.384. The van der Waals surface area contributed by atoms with E-state index in [0.717, 1.165) is 38.0 Å². The van der Waals surface area contributed by atoms with Gasteiger partial charge < -0.3 is 20.6 Å². The van der Waals surface area contributed by atoms with Crippen molar-refractivity contribution < 1.29 is 39.4 Å². The molecular weight excluding hydrogens is 598 g/mol. The Morgan fingerprint density at radius 1 is 1.14 bits per heavy atom. The number of aromatic nitrogens is 4. The highest BCUT2D eigenvalue weighted by Gasteiger charge is 2.54. The van der Waals surface area contributed by atoms with E-state index in [0.29, 0.717) is 10.6 Å². The van der Waals surface area contributed by atoms with Crippen molar-refractivity contribution in [3.05, 3.63) is 73.8 Å². The van der Waals surface area contributed by atoms with Gasteiger partial charge in [0.15, 0.2) is 11.8 Å². The molecule has 5 rings (SSSR count). The first-order valence-electron chi connectivity index (χ1n) is 11.9. The smallest absolute Gasteiger partial charge is 0.367 e. The van der Waals surface area contributed by atoms with Crippen LogP contribution in [0.15, 0.2) is 57.5 Å². The van der Waals surface area contributed by atoms with Gasteiger partial charge in [0.2, 0.25) is 0 Å². The molecule has 4 N–H and O–H groups in total. The highest BCUT2D eigenvalue weighted by Crippen LogP contribution is 2.41. The number of carbonyl (C=O) groups is 4. The van der Waals surface area contributed by atoms with Crippen LogP contribution >= 0.6 is 23.5 Å². The zero-order valence-corrected chi connectivity index (χ0v) is 22.6. The summed E-state index contributed by atoms with van der Waals surface area (Å²) in [4.78, 5) is 72.3. The van der Waals surface area contributed by atoms with Crippen molar-refractivity contribution in [1.29, 1.82) is 0 Å². The Bertz CT molecular complexity index is 1740. The van der Waals surface area contributed by atoms with Crippen molar-refractivity contribution in [3.8, 4) is 0 Å². The molecule has 1 fully saturated rings. The molecule has 2 unspecified atom stereocenters. The van der Waals surface area contributed by atoms with Crippen LogP contribution < -0.4 is 11.0 Å². The first-order chi connectivity index (χ1) is 20.0. The van der Waals surface area contributed by atoms with Gasteiger partial charge in [-0.1, -0.05) is 0 Å². The zero-order chi connectivity index (χ0) is 30.3. The molecule has 2 aromatic heterocycles. The summed E-state index contributed by atoms with van der Waals surface area (Å²) in [6.07, 6.45) is -1.71. The molecular formula is C23H19N7O10S2. The van der Waals surface area contributed by atoms with Crippen molar-refractivity contribution >= 4 is 58.6 Å². The van der Waals surface area contributed by atoms with Gasteiger partial charge in [0.25, 0.3) is 17.5 Å². The quantitative estimate of drug-likeness (QED) is 0.0966. The Hall–Kier alpha value is -4.75. The van der Waals surface area contributed by atoms with Gasteiger partial charge in [-0.05, 0) is 35.4 Å². The molecule has 2 amide bonds. The molecule has 3 aromatic rings. The molecule has 1 aromatic carbocycles. The third kappa shape index (κ3) is 5.31. The number of nitro benzene ring substituents is 1. The van der Waals surface area contributed by atoms with Gasteiger partial charge in [-0.2, -0.15) is 14.3 Å².